The van der Waals surface area contributed by atoms with Gasteiger partial charge in [-0.25, -0.2) is 4.98 Å². The van der Waals surface area contributed by atoms with Crippen LogP contribution < -0.4 is 15.0 Å². The van der Waals surface area contributed by atoms with Crippen molar-refractivity contribution in [3.63, 3.8) is 0 Å². The zero-order valence-electron chi connectivity index (χ0n) is 20.2. The second kappa shape index (κ2) is 10.8. The number of rotatable bonds is 8. The molecule has 5 rings (SSSR count). The van der Waals surface area contributed by atoms with Gasteiger partial charge in [0.1, 0.15) is 5.75 Å². The molecule has 0 aliphatic carbocycles. The number of likely N-dealkylation sites (N-methyl/N-ethyl adjacent to an activating group) is 1. The molecule has 4 aromatic rings. The Balaban J connectivity index is 1.33. The predicted molar refractivity (Wildman–Crippen MR) is 141 cm³/mol. The first-order valence-corrected chi connectivity index (χ1v) is 12.6. The number of hydrogen-bond donors (Lipinski definition) is 1. The first kappa shape index (κ1) is 23.8. The van der Waals surface area contributed by atoms with E-state index in [1.165, 1.54) is 11.3 Å². The van der Waals surface area contributed by atoms with Crippen molar-refractivity contribution in [1.29, 1.82) is 0 Å². The summed E-state index contributed by atoms with van der Waals surface area (Å²) in [6.45, 7) is 5.50. The first-order chi connectivity index (χ1) is 17.5. The van der Waals surface area contributed by atoms with Gasteiger partial charge in [-0.15, -0.1) is 11.3 Å². The number of thiazole rings is 1. The SMILES string of the molecule is Cc1cnc(Nc2nc(Oc3ccc(CC(=O)c4ccccc4)cc3)nc(N3CCN(C)CC3)n2)s1. The minimum absolute atomic E-state index is 0.0756. The average molecular weight is 502 g/mol. The third-order valence-corrected chi connectivity index (χ3v) is 6.65. The van der Waals surface area contributed by atoms with Crippen molar-refractivity contribution in [1.82, 2.24) is 24.8 Å². The summed E-state index contributed by atoms with van der Waals surface area (Å²) in [6, 6.07) is 16.9. The molecule has 1 saturated heterocycles. The van der Waals surface area contributed by atoms with Crippen molar-refractivity contribution in [2.24, 2.45) is 0 Å². The summed E-state index contributed by atoms with van der Waals surface area (Å²) in [4.78, 5) is 36.0. The number of Topliss-reactive ketones (excluding diaryl/α,β-unsaturated/α-hetero) is 1. The van der Waals surface area contributed by atoms with E-state index < -0.39 is 0 Å². The molecule has 2 aromatic carbocycles. The zero-order valence-corrected chi connectivity index (χ0v) is 21.0. The lowest BCUT2D eigenvalue weighted by Crippen LogP contribution is -2.45. The largest absolute Gasteiger partial charge is 0.424 e. The van der Waals surface area contributed by atoms with E-state index >= 15 is 0 Å². The molecule has 2 aromatic heterocycles. The summed E-state index contributed by atoms with van der Waals surface area (Å²) >= 11 is 1.53. The van der Waals surface area contributed by atoms with Crippen LogP contribution in [0.5, 0.6) is 11.8 Å². The molecule has 1 N–H and O–H groups in total. The van der Waals surface area contributed by atoms with Crippen LogP contribution in [-0.2, 0) is 6.42 Å². The van der Waals surface area contributed by atoms with Gasteiger partial charge in [0.15, 0.2) is 10.9 Å². The van der Waals surface area contributed by atoms with Gasteiger partial charge in [-0.1, -0.05) is 42.5 Å². The molecule has 0 atom stereocenters. The lowest BCUT2D eigenvalue weighted by Gasteiger charge is -2.32. The fraction of sp³-hybridized carbons (Fsp3) is 0.269. The molecule has 0 amide bonds. The standard InChI is InChI=1S/C26H27N7O2S/c1-18-17-27-26(36-18)30-23-28-24(33-14-12-32(2)13-15-33)31-25(29-23)35-21-10-8-19(9-11-21)16-22(34)20-6-4-3-5-7-20/h3-11,17H,12-16H2,1-2H3,(H,27,28,29,30,31). The molecule has 0 bridgehead atoms. The van der Waals surface area contributed by atoms with Crippen LogP contribution in [0.2, 0.25) is 0 Å². The second-order valence-electron chi connectivity index (χ2n) is 8.64. The summed E-state index contributed by atoms with van der Waals surface area (Å²) in [6.07, 6.45) is 2.13. The third kappa shape index (κ3) is 6.02. The summed E-state index contributed by atoms with van der Waals surface area (Å²) < 4.78 is 6.02. The van der Waals surface area contributed by atoms with Crippen LogP contribution in [0.3, 0.4) is 0 Å². The maximum atomic E-state index is 12.5. The number of nitrogens with zero attached hydrogens (tertiary/aromatic N) is 6. The Morgan fingerprint density at radius 2 is 1.75 bits per heavy atom. The molecule has 1 fully saturated rings. The monoisotopic (exact) mass is 501 g/mol. The van der Waals surface area contributed by atoms with E-state index in [2.05, 4.69) is 42.1 Å². The number of aromatic nitrogens is 4. The number of carbonyl (C=O) groups is 1. The highest BCUT2D eigenvalue weighted by Gasteiger charge is 2.20. The Morgan fingerprint density at radius 3 is 2.44 bits per heavy atom. The highest BCUT2D eigenvalue weighted by Crippen LogP contribution is 2.25. The van der Waals surface area contributed by atoms with E-state index in [-0.39, 0.29) is 11.8 Å². The average Bonchev–Trinajstić information content (AvgIpc) is 3.30. The van der Waals surface area contributed by atoms with Gasteiger partial charge in [0.05, 0.1) is 0 Å². The number of ether oxygens (including phenoxy) is 1. The number of hydrogen-bond acceptors (Lipinski definition) is 10. The minimum atomic E-state index is 0.0756. The van der Waals surface area contributed by atoms with Gasteiger partial charge in [-0.3, -0.25) is 10.1 Å². The maximum Gasteiger partial charge on any atom is 0.328 e. The molecule has 36 heavy (non-hydrogen) atoms. The van der Waals surface area contributed by atoms with Crippen molar-refractivity contribution >= 4 is 34.1 Å². The molecule has 1 aliphatic rings. The highest BCUT2D eigenvalue weighted by molar-refractivity contribution is 7.15. The summed E-state index contributed by atoms with van der Waals surface area (Å²) in [5.41, 5.74) is 1.61. The van der Waals surface area contributed by atoms with Crippen LogP contribution in [0.1, 0.15) is 20.8 Å². The molecule has 0 spiro atoms. The molecule has 9 nitrogen and oxygen atoms in total. The van der Waals surface area contributed by atoms with Crippen molar-refractivity contribution in [2.75, 3.05) is 43.4 Å². The number of benzene rings is 2. The molecular formula is C26H27N7O2S. The summed E-state index contributed by atoms with van der Waals surface area (Å²) in [5, 5.41) is 3.89. The van der Waals surface area contributed by atoms with E-state index in [4.69, 9.17) is 4.74 Å². The van der Waals surface area contributed by atoms with Crippen LogP contribution in [0, 0.1) is 6.92 Å². The lowest BCUT2D eigenvalue weighted by molar-refractivity contribution is 0.0993. The molecular weight excluding hydrogens is 474 g/mol. The lowest BCUT2D eigenvalue weighted by atomic mass is 10.0. The summed E-state index contributed by atoms with van der Waals surface area (Å²) in [5.74, 6) is 1.60. The Kier molecular flexibility index (Phi) is 7.15. The molecule has 0 saturated carbocycles. The molecule has 3 heterocycles. The molecule has 10 heteroatoms. The Bertz CT molecular complexity index is 1320. The van der Waals surface area contributed by atoms with Crippen LogP contribution in [0.4, 0.5) is 17.0 Å². The van der Waals surface area contributed by atoms with E-state index in [1.807, 2.05) is 61.5 Å². The van der Waals surface area contributed by atoms with Crippen LogP contribution >= 0.6 is 11.3 Å². The normalized spacial score (nSPS) is 14.0. The number of carbonyl (C=O) groups excluding carboxylic acids is 1. The van der Waals surface area contributed by atoms with E-state index in [0.29, 0.717) is 34.8 Å². The Hall–Kier alpha value is -3.89. The predicted octanol–water partition coefficient (Wildman–Crippen LogP) is 4.35. The molecule has 0 radical (unpaired) electrons. The van der Waals surface area contributed by atoms with Crippen LogP contribution in [0.15, 0.2) is 60.8 Å². The first-order valence-electron chi connectivity index (χ1n) is 11.8. The summed E-state index contributed by atoms with van der Waals surface area (Å²) in [7, 11) is 2.11. The van der Waals surface area contributed by atoms with Gasteiger partial charge in [0.25, 0.3) is 0 Å². The number of anilines is 3. The Labute approximate surface area is 213 Å². The van der Waals surface area contributed by atoms with Gasteiger partial charge < -0.3 is 14.5 Å². The fourth-order valence-corrected chi connectivity index (χ4v) is 4.45. The minimum Gasteiger partial charge on any atom is -0.424 e. The van der Waals surface area contributed by atoms with Crippen LogP contribution in [0.25, 0.3) is 0 Å². The van der Waals surface area contributed by atoms with Crippen LogP contribution in [-0.4, -0.2) is 63.8 Å². The van der Waals surface area contributed by atoms with Crippen molar-refractivity contribution in [2.45, 2.75) is 13.3 Å². The van der Waals surface area contributed by atoms with E-state index in [1.54, 1.807) is 6.20 Å². The van der Waals surface area contributed by atoms with E-state index in [0.717, 1.165) is 36.6 Å². The van der Waals surface area contributed by atoms with Gasteiger partial charge in [-0.05, 0) is 31.7 Å². The maximum absolute atomic E-state index is 12.5. The fourth-order valence-electron chi connectivity index (χ4n) is 3.80. The molecule has 184 valence electrons. The smallest absolute Gasteiger partial charge is 0.328 e. The van der Waals surface area contributed by atoms with Crippen molar-refractivity contribution in [3.8, 4) is 11.8 Å². The van der Waals surface area contributed by atoms with Gasteiger partial charge in [-0.2, -0.15) is 15.0 Å². The van der Waals surface area contributed by atoms with Crippen molar-refractivity contribution < 1.29 is 9.53 Å². The number of nitrogens with one attached hydrogen (secondary N) is 1. The van der Waals surface area contributed by atoms with Gasteiger partial charge in [0.2, 0.25) is 11.9 Å². The number of piperazine rings is 1. The van der Waals surface area contributed by atoms with E-state index in [9.17, 15) is 4.79 Å². The van der Waals surface area contributed by atoms with Gasteiger partial charge >= 0.3 is 6.01 Å². The second-order valence-corrected chi connectivity index (χ2v) is 9.88. The van der Waals surface area contributed by atoms with Crippen molar-refractivity contribution in [3.05, 3.63) is 76.8 Å². The topological polar surface area (TPSA) is 96.4 Å². The highest BCUT2D eigenvalue weighted by atomic mass is 32.1. The Morgan fingerprint density at radius 1 is 1.00 bits per heavy atom. The number of ketones is 1. The quantitative estimate of drug-likeness (QED) is 0.354. The molecule has 0 unspecified atom stereocenters. The van der Waals surface area contributed by atoms with Gasteiger partial charge in [0, 0.05) is 49.2 Å². The third-order valence-electron chi connectivity index (χ3n) is 5.82. The number of aryl methyl sites for hydroxylation is 1. The zero-order chi connectivity index (χ0) is 24.9. The molecule has 1 aliphatic heterocycles.